The second kappa shape index (κ2) is 6.79. The molecule has 3 atom stereocenters. The largest absolute Gasteiger partial charge is 0.497 e. The molecule has 1 saturated heterocycles. The Morgan fingerprint density at radius 2 is 2.00 bits per heavy atom. The van der Waals surface area contributed by atoms with E-state index >= 15 is 0 Å². The van der Waals surface area contributed by atoms with Gasteiger partial charge in [-0.2, -0.15) is 0 Å². The van der Waals surface area contributed by atoms with Crippen LogP contribution in [0.5, 0.6) is 11.5 Å². The van der Waals surface area contributed by atoms with Crippen molar-refractivity contribution in [3.05, 3.63) is 23.3 Å². The van der Waals surface area contributed by atoms with E-state index in [1.165, 1.54) is 6.42 Å². The van der Waals surface area contributed by atoms with Crippen LogP contribution in [-0.2, 0) is 15.9 Å². The van der Waals surface area contributed by atoms with Crippen molar-refractivity contribution in [2.24, 2.45) is 0 Å². The summed E-state index contributed by atoms with van der Waals surface area (Å²) in [6.45, 7) is 2.10. The molecule has 0 unspecified atom stereocenters. The predicted octanol–water partition coefficient (Wildman–Crippen LogP) is 3.13. The van der Waals surface area contributed by atoms with Gasteiger partial charge in [0.05, 0.1) is 26.4 Å². The van der Waals surface area contributed by atoms with Crippen molar-refractivity contribution in [2.75, 3.05) is 14.2 Å². The van der Waals surface area contributed by atoms with Gasteiger partial charge in [0.25, 0.3) is 0 Å². The van der Waals surface area contributed by atoms with Gasteiger partial charge >= 0.3 is 5.97 Å². The van der Waals surface area contributed by atoms with Crippen LogP contribution in [0.15, 0.2) is 12.1 Å². The highest BCUT2D eigenvalue weighted by molar-refractivity contribution is 5.95. The van der Waals surface area contributed by atoms with E-state index in [0.29, 0.717) is 29.6 Å². The van der Waals surface area contributed by atoms with E-state index in [2.05, 4.69) is 6.92 Å². The zero-order valence-corrected chi connectivity index (χ0v) is 14.0. The van der Waals surface area contributed by atoms with Crippen LogP contribution in [-0.4, -0.2) is 38.5 Å². The Morgan fingerprint density at radius 3 is 2.70 bits per heavy atom. The van der Waals surface area contributed by atoms with E-state index in [4.69, 9.17) is 18.9 Å². The zero-order valence-electron chi connectivity index (χ0n) is 14.0. The molecule has 0 bridgehead atoms. The van der Waals surface area contributed by atoms with E-state index < -0.39 is 0 Å². The SMILES string of the molecule is COc1cc2c(c(OC)c1)C(=O)O[C@H](C[C@H]1CCC[C@@H](C)O1)C2. The first kappa shape index (κ1) is 16.1. The van der Waals surface area contributed by atoms with Crippen LogP contribution >= 0.6 is 0 Å². The first-order chi connectivity index (χ1) is 11.1. The molecule has 1 aromatic carbocycles. The molecule has 1 aromatic rings. The Hall–Kier alpha value is -1.75. The van der Waals surface area contributed by atoms with Crippen LogP contribution in [0.1, 0.15) is 48.5 Å². The minimum absolute atomic E-state index is 0.151. The highest BCUT2D eigenvalue weighted by Gasteiger charge is 2.33. The standard InChI is InChI=1S/C18H24O5/c1-11-5-4-6-13(22-11)9-15-8-12-7-14(20-2)10-16(21-3)17(12)18(19)23-15/h7,10-11,13,15H,4-6,8-9H2,1-3H3/t11-,13-,15+/m1/s1. The summed E-state index contributed by atoms with van der Waals surface area (Å²) in [5.41, 5.74) is 1.44. The van der Waals surface area contributed by atoms with E-state index in [-0.39, 0.29) is 18.2 Å². The topological polar surface area (TPSA) is 54.0 Å². The fourth-order valence-electron chi connectivity index (χ4n) is 3.51. The van der Waals surface area contributed by atoms with Gasteiger partial charge in [-0.15, -0.1) is 0 Å². The van der Waals surface area contributed by atoms with E-state index in [9.17, 15) is 4.79 Å². The number of fused-ring (bicyclic) bond motifs is 1. The van der Waals surface area contributed by atoms with Crippen LogP contribution in [0.4, 0.5) is 0 Å². The number of carbonyl (C=O) groups is 1. The monoisotopic (exact) mass is 320 g/mol. The number of ether oxygens (including phenoxy) is 4. The van der Waals surface area contributed by atoms with Crippen LogP contribution < -0.4 is 9.47 Å². The quantitative estimate of drug-likeness (QED) is 0.798. The molecule has 5 nitrogen and oxygen atoms in total. The van der Waals surface area contributed by atoms with Crippen molar-refractivity contribution in [1.82, 2.24) is 0 Å². The third kappa shape index (κ3) is 3.44. The van der Waals surface area contributed by atoms with Gasteiger partial charge in [-0.1, -0.05) is 0 Å². The third-order valence-electron chi connectivity index (χ3n) is 4.63. The Morgan fingerprint density at radius 1 is 1.17 bits per heavy atom. The molecule has 2 aliphatic rings. The number of carbonyl (C=O) groups excluding carboxylic acids is 1. The molecule has 2 aliphatic heterocycles. The molecule has 0 aliphatic carbocycles. The number of benzene rings is 1. The Kier molecular flexibility index (Phi) is 4.76. The first-order valence-electron chi connectivity index (χ1n) is 8.22. The van der Waals surface area contributed by atoms with Gasteiger partial charge in [-0.05, 0) is 37.8 Å². The average molecular weight is 320 g/mol. The van der Waals surface area contributed by atoms with Gasteiger partial charge in [-0.3, -0.25) is 0 Å². The maximum absolute atomic E-state index is 12.4. The van der Waals surface area contributed by atoms with Crippen LogP contribution in [0.2, 0.25) is 0 Å². The molecule has 0 saturated carbocycles. The van der Waals surface area contributed by atoms with Crippen molar-refractivity contribution in [2.45, 2.75) is 57.3 Å². The average Bonchev–Trinajstić information content (AvgIpc) is 2.53. The molecule has 0 N–H and O–H groups in total. The lowest BCUT2D eigenvalue weighted by molar-refractivity contribution is -0.0647. The summed E-state index contributed by atoms with van der Waals surface area (Å²) in [4.78, 5) is 12.4. The van der Waals surface area contributed by atoms with E-state index in [1.807, 2.05) is 6.07 Å². The minimum atomic E-state index is -0.320. The molecule has 0 spiro atoms. The zero-order chi connectivity index (χ0) is 16.4. The molecule has 2 heterocycles. The summed E-state index contributed by atoms with van der Waals surface area (Å²) in [5, 5.41) is 0. The summed E-state index contributed by atoms with van der Waals surface area (Å²) in [6.07, 6.45) is 5.04. The Bertz CT molecular complexity index is 583. The van der Waals surface area contributed by atoms with E-state index in [1.54, 1.807) is 20.3 Å². The van der Waals surface area contributed by atoms with Crippen LogP contribution in [0, 0.1) is 0 Å². The summed E-state index contributed by atoms with van der Waals surface area (Å²) in [7, 11) is 3.16. The van der Waals surface area contributed by atoms with Crippen LogP contribution in [0.25, 0.3) is 0 Å². The van der Waals surface area contributed by atoms with Crippen molar-refractivity contribution in [1.29, 1.82) is 0 Å². The number of rotatable bonds is 4. The molecule has 23 heavy (non-hydrogen) atoms. The van der Waals surface area contributed by atoms with Crippen molar-refractivity contribution in [3.63, 3.8) is 0 Å². The molecular formula is C18H24O5. The molecular weight excluding hydrogens is 296 g/mol. The number of esters is 1. The van der Waals surface area contributed by atoms with E-state index in [0.717, 1.165) is 24.8 Å². The molecule has 5 heteroatoms. The molecule has 0 radical (unpaired) electrons. The summed E-state index contributed by atoms with van der Waals surface area (Å²) >= 11 is 0. The van der Waals surface area contributed by atoms with Gasteiger partial charge in [-0.25, -0.2) is 4.79 Å². The number of cyclic esters (lactones) is 1. The highest BCUT2D eigenvalue weighted by Crippen LogP contribution is 2.35. The van der Waals surface area contributed by atoms with Gasteiger partial charge in [0, 0.05) is 18.9 Å². The fourth-order valence-corrected chi connectivity index (χ4v) is 3.51. The molecule has 0 amide bonds. The minimum Gasteiger partial charge on any atom is -0.497 e. The molecule has 3 rings (SSSR count). The van der Waals surface area contributed by atoms with Crippen LogP contribution in [0.3, 0.4) is 0 Å². The Balaban J connectivity index is 1.78. The summed E-state index contributed by atoms with van der Waals surface area (Å²) in [5.74, 6) is 0.876. The fraction of sp³-hybridized carbons (Fsp3) is 0.611. The number of methoxy groups -OCH3 is 2. The highest BCUT2D eigenvalue weighted by atomic mass is 16.6. The van der Waals surface area contributed by atoms with Gasteiger partial charge in [0.15, 0.2) is 0 Å². The lowest BCUT2D eigenvalue weighted by Gasteiger charge is -2.32. The maximum Gasteiger partial charge on any atom is 0.342 e. The van der Waals surface area contributed by atoms with Crippen molar-refractivity contribution >= 4 is 5.97 Å². The number of hydrogen-bond donors (Lipinski definition) is 0. The molecule has 1 fully saturated rings. The normalized spacial score (nSPS) is 27.1. The van der Waals surface area contributed by atoms with Gasteiger partial charge in [0.2, 0.25) is 0 Å². The second-order valence-electron chi connectivity index (χ2n) is 6.33. The lowest BCUT2D eigenvalue weighted by Crippen LogP contribution is -2.34. The Labute approximate surface area is 136 Å². The maximum atomic E-state index is 12.4. The second-order valence-corrected chi connectivity index (χ2v) is 6.33. The smallest absolute Gasteiger partial charge is 0.342 e. The van der Waals surface area contributed by atoms with Crippen molar-refractivity contribution in [3.8, 4) is 11.5 Å². The molecule has 0 aromatic heterocycles. The number of hydrogen-bond acceptors (Lipinski definition) is 5. The summed E-state index contributed by atoms with van der Waals surface area (Å²) in [6, 6.07) is 3.61. The van der Waals surface area contributed by atoms with Crippen molar-refractivity contribution < 1.29 is 23.7 Å². The summed E-state index contributed by atoms with van der Waals surface area (Å²) < 4.78 is 22.2. The van der Waals surface area contributed by atoms with Gasteiger partial charge in [0.1, 0.15) is 23.2 Å². The third-order valence-corrected chi connectivity index (χ3v) is 4.63. The predicted molar refractivity (Wildman–Crippen MR) is 85.3 cm³/mol. The first-order valence-corrected chi connectivity index (χ1v) is 8.22. The lowest BCUT2D eigenvalue weighted by atomic mass is 9.92. The van der Waals surface area contributed by atoms with Gasteiger partial charge < -0.3 is 18.9 Å². The molecule has 126 valence electrons.